The zero-order valence-electron chi connectivity index (χ0n) is 40.6. The predicted octanol–water partition coefficient (Wildman–Crippen LogP) is 10.0. The minimum Gasteiger partial charge on any atom is -0.394 e. The van der Waals surface area contributed by atoms with E-state index in [1.807, 2.05) is 0 Å². The molecule has 0 saturated carbocycles. The largest absolute Gasteiger partial charge is 0.394 e. The Balaban J connectivity index is 2.38. The van der Waals surface area contributed by atoms with Crippen LogP contribution >= 0.6 is 0 Å². The van der Waals surface area contributed by atoms with Gasteiger partial charge in [0, 0.05) is 0 Å². The maximum absolute atomic E-state index is 13.1. The van der Waals surface area contributed by atoms with Gasteiger partial charge in [-0.25, -0.2) is 0 Å². The number of carbonyl (C=O) groups excluding carboxylic acids is 1. The number of hydrogen-bond acceptors (Lipinski definition) is 10. The van der Waals surface area contributed by atoms with Gasteiger partial charge in [0.15, 0.2) is 6.29 Å². The first-order valence-electron chi connectivity index (χ1n) is 26.6. The number of ether oxygens (including phenoxy) is 2. The van der Waals surface area contributed by atoms with Crippen molar-refractivity contribution in [3.63, 3.8) is 0 Å². The van der Waals surface area contributed by atoms with E-state index in [0.29, 0.717) is 19.3 Å². The first kappa shape index (κ1) is 59.9. The summed E-state index contributed by atoms with van der Waals surface area (Å²) in [6.07, 6.45) is 35.4. The molecule has 0 aliphatic carbocycles. The van der Waals surface area contributed by atoms with Crippen molar-refractivity contribution in [3.05, 3.63) is 12.2 Å². The van der Waals surface area contributed by atoms with Gasteiger partial charge in [0.25, 0.3) is 0 Å². The van der Waals surface area contributed by atoms with E-state index in [-0.39, 0.29) is 6.42 Å². The molecule has 1 saturated heterocycles. The monoisotopic (exact) mass is 900 g/mol. The highest BCUT2D eigenvalue weighted by Gasteiger charge is 2.44. The topological polar surface area (TPSA) is 189 Å². The van der Waals surface area contributed by atoms with Crippen molar-refractivity contribution in [1.29, 1.82) is 0 Å². The second kappa shape index (κ2) is 42.2. The van der Waals surface area contributed by atoms with Gasteiger partial charge in [0.05, 0.1) is 25.4 Å². The van der Waals surface area contributed by atoms with Gasteiger partial charge in [0.1, 0.15) is 36.6 Å². The summed E-state index contributed by atoms with van der Waals surface area (Å²) >= 11 is 0. The molecule has 374 valence electrons. The molecule has 1 aliphatic heterocycles. The molecule has 0 bridgehead atoms. The molecule has 1 aliphatic rings. The van der Waals surface area contributed by atoms with Gasteiger partial charge in [-0.2, -0.15) is 0 Å². The molecule has 0 spiro atoms. The maximum atomic E-state index is 13.1. The van der Waals surface area contributed by atoms with E-state index in [2.05, 4.69) is 31.3 Å². The number of aliphatic hydroxyl groups is 7. The number of amides is 1. The van der Waals surface area contributed by atoms with Gasteiger partial charge in [0.2, 0.25) is 5.91 Å². The van der Waals surface area contributed by atoms with E-state index in [9.17, 15) is 40.5 Å². The molecule has 0 aromatic rings. The van der Waals surface area contributed by atoms with Crippen LogP contribution in [0.15, 0.2) is 12.2 Å². The molecule has 1 amide bonds. The lowest BCUT2D eigenvalue weighted by atomic mass is 9.98. The van der Waals surface area contributed by atoms with E-state index in [1.54, 1.807) is 0 Å². The number of hydrogen-bond donors (Lipinski definition) is 8. The van der Waals surface area contributed by atoms with Crippen LogP contribution < -0.4 is 5.32 Å². The minimum atomic E-state index is -1.66. The second-order valence-electron chi connectivity index (χ2n) is 19.0. The van der Waals surface area contributed by atoms with Crippen molar-refractivity contribution in [2.45, 2.75) is 300 Å². The van der Waals surface area contributed by atoms with Crippen LogP contribution in [0, 0.1) is 0 Å². The maximum Gasteiger partial charge on any atom is 0.249 e. The lowest BCUT2D eigenvalue weighted by Crippen LogP contribution is -2.60. The van der Waals surface area contributed by atoms with Crippen molar-refractivity contribution in [3.8, 4) is 0 Å². The molecule has 63 heavy (non-hydrogen) atoms. The number of unbranched alkanes of at least 4 members (excludes halogenated alkanes) is 31. The quantitative estimate of drug-likeness (QED) is 0.0216. The first-order valence-corrected chi connectivity index (χ1v) is 26.6. The Hall–Kier alpha value is -1.15. The van der Waals surface area contributed by atoms with Crippen molar-refractivity contribution in [2.24, 2.45) is 0 Å². The number of carbonyl (C=O) groups is 1. The summed E-state index contributed by atoms with van der Waals surface area (Å²) in [4.78, 5) is 13.1. The van der Waals surface area contributed by atoms with Gasteiger partial charge >= 0.3 is 0 Å². The summed E-state index contributed by atoms with van der Waals surface area (Å²) in [6.45, 7) is 3.47. The Morgan fingerprint density at radius 3 is 1.33 bits per heavy atom. The number of rotatable bonds is 45. The first-order chi connectivity index (χ1) is 30.7. The Bertz CT molecular complexity index is 1030. The van der Waals surface area contributed by atoms with Gasteiger partial charge in [-0.15, -0.1) is 0 Å². The number of allylic oxidation sites excluding steroid dienone is 2. The zero-order valence-corrected chi connectivity index (χ0v) is 40.6. The SMILES string of the molecule is CCCCCCCCCCC/C=C\CCCCCCC(O)C(=O)NC(COC1OC(CO)C(O)C(O)C1O)C(O)C(O)CCCCCCCCCCCCCCCCCCCCC. The molecule has 11 heteroatoms. The fourth-order valence-corrected chi connectivity index (χ4v) is 8.67. The van der Waals surface area contributed by atoms with Crippen molar-refractivity contribution in [2.75, 3.05) is 13.2 Å². The molecule has 11 nitrogen and oxygen atoms in total. The third-order valence-electron chi connectivity index (χ3n) is 13.1. The van der Waals surface area contributed by atoms with E-state index in [1.165, 1.54) is 154 Å². The fraction of sp³-hybridized carbons (Fsp3) is 0.942. The lowest BCUT2D eigenvalue weighted by molar-refractivity contribution is -0.303. The average Bonchev–Trinajstić information content (AvgIpc) is 3.28. The van der Waals surface area contributed by atoms with Crippen molar-refractivity contribution < 1.29 is 50.0 Å². The van der Waals surface area contributed by atoms with Crippen LogP contribution in [0.25, 0.3) is 0 Å². The van der Waals surface area contributed by atoms with Crippen LogP contribution in [-0.2, 0) is 14.3 Å². The molecule has 0 aromatic carbocycles. The van der Waals surface area contributed by atoms with E-state index < -0.39 is 74.2 Å². The fourth-order valence-electron chi connectivity index (χ4n) is 8.67. The molecule has 0 radical (unpaired) electrons. The van der Waals surface area contributed by atoms with Crippen LogP contribution in [0.4, 0.5) is 0 Å². The molecular formula is C52H101NO10. The third-order valence-corrected chi connectivity index (χ3v) is 13.1. The Labute approximate surface area is 385 Å². The smallest absolute Gasteiger partial charge is 0.249 e. The van der Waals surface area contributed by atoms with Crippen molar-refractivity contribution >= 4 is 5.91 Å². The van der Waals surface area contributed by atoms with Crippen LogP contribution in [0.5, 0.6) is 0 Å². The molecule has 1 rings (SSSR count). The van der Waals surface area contributed by atoms with Crippen molar-refractivity contribution in [1.82, 2.24) is 5.32 Å². The Morgan fingerprint density at radius 1 is 0.540 bits per heavy atom. The van der Waals surface area contributed by atoms with Crippen LogP contribution in [0.1, 0.15) is 245 Å². The molecule has 9 atom stereocenters. The van der Waals surface area contributed by atoms with E-state index in [4.69, 9.17) is 9.47 Å². The summed E-state index contributed by atoms with van der Waals surface area (Å²) in [6, 6.07) is -1.17. The van der Waals surface area contributed by atoms with Crippen LogP contribution in [-0.4, -0.2) is 110 Å². The van der Waals surface area contributed by atoms with Gasteiger partial charge in [-0.1, -0.05) is 219 Å². The molecule has 8 N–H and O–H groups in total. The summed E-state index contributed by atoms with van der Waals surface area (Å²) < 4.78 is 11.1. The second-order valence-corrected chi connectivity index (χ2v) is 19.0. The normalized spacial score (nSPS) is 21.2. The average molecular weight is 900 g/mol. The highest BCUT2D eigenvalue weighted by atomic mass is 16.7. The highest BCUT2D eigenvalue weighted by molar-refractivity contribution is 5.80. The van der Waals surface area contributed by atoms with E-state index >= 15 is 0 Å². The van der Waals surface area contributed by atoms with Gasteiger partial charge in [-0.3, -0.25) is 4.79 Å². The zero-order chi connectivity index (χ0) is 46.2. The highest BCUT2D eigenvalue weighted by Crippen LogP contribution is 2.23. The van der Waals surface area contributed by atoms with Gasteiger partial charge in [-0.05, 0) is 38.5 Å². The summed E-state index contributed by atoms with van der Waals surface area (Å²) in [5.74, 6) is -0.702. The standard InChI is InChI=1S/C52H101NO10/c1-3-5-7-9-11-13-15-17-19-21-22-24-25-27-29-31-33-35-37-39-44(55)47(57)43(42-62-52-50(60)49(59)48(58)46(41-54)63-52)53-51(61)45(56)40-38-36-34-32-30-28-26-23-20-18-16-14-12-10-8-6-4-2/h26,28,43-50,52,54-60H,3-25,27,29-42H2,1-2H3,(H,53,61)/b28-26-. The molecule has 0 aromatic heterocycles. The Morgan fingerprint density at radius 2 is 0.921 bits per heavy atom. The summed E-state index contributed by atoms with van der Waals surface area (Å²) in [7, 11) is 0. The summed E-state index contributed by atoms with van der Waals surface area (Å²) in [5.41, 5.74) is 0. The predicted molar refractivity (Wildman–Crippen MR) is 256 cm³/mol. The molecule has 1 fully saturated rings. The third kappa shape index (κ3) is 31.5. The minimum absolute atomic E-state index is 0.249. The van der Waals surface area contributed by atoms with E-state index in [0.717, 1.165) is 51.4 Å². The van der Waals surface area contributed by atoms with Gasteiger partial charge < -0.3 is 50.5 Å². The molecule has 9 unspecified atom stereocenters. The molecular weight excluding hydrogens is 799 g/mol. The Kier molecular flexibility index (Phi) is 40.1. The summed E-state index contributed by atoms with van der Waals surface area (Å²) in [5, 5.41) is 76.0. The lowest BCUT2D eigenvalue weighted by Gasteiger charge is -2.40. The van der Waals surface area contributed by atoms with Crippen LogP contribution in [0.3, 0.4) is 0 Å². The van der Waals surface area contributed by atoms with Crippen LogP contribution in [0.2, 0.25) is 0 Å². The number of nitrogens with one attached hydrogen (secondary N) is 1. The molecule has 1 heterocycles. The number of aliphatic hydroxyl groups excluding tert-OH is 7.